The van der Waals surface area contributed by atoms with Gasteiger partial charge >= 0.3 is 0 Å². The smallest absolute Gasteiger partial charge is 0.269 e. The number of nitro groups is 1. The second-order valence-electron chi connectivity index (χ2n) is 4.49. The Morgan fingerprint density at radius 2 is 2.21 bits per heavy atom. The molecule has 0 fully saturated rings. The van der Waals surface area contributed by atoms with Gasteiger partial charge in [0.1, 0.15) is 0 Å². The Bertz CT molecular complexity index is 540. The molecule has 0 bridgehead atoms. The van der Waals surface area contributed by atoms with Gasteiger partial charge in [0.15, 0.2) is 0 Å². The van der Waals surface area contributed by atoms with Crippen LogP contribution in [0.1, 0.15) is 17.4 Å². The van der Waals surface area contributed by atoms with Crippen LogP contribution in [0.2, 0.25) is 0 Å². The minimum Gasteiger partial charge on any atom is -0.310 e. The zero-order valence-electron chi connectivity index (χ0n) is 10.7. The molecule has 2 aromatic rings. The predicted molar refractivity (Wildman–Crippen MR) is 77.4 cm³/mol. The maximum Gasteiger partial charge on any atom is 0.269 e. The lowest BCUT2D eigenvalue weighted by Gasteiger charge is -2.12. The first kappa shape index (κ1) is 13.7. The first-order valence-corrected chi connectivity index (χ1v) is 7.02. The first-order chi connectivity index (χ1) is 9.15. The van der Waals surface area contributed by atoms with Crippen molar-refractivity contribution >= 4 is 17.0 Å². The number of rotatable bonds is 6. The van der Waals surface area contributed by atoms with E-state index in [0.29, 0.717) is 12.6 Å². The van der Waals surface area contributed by atoms with Crippen LogP contribution in [0.3, 0.4) is 0 Å². The molecule has 0 radical (unpaired) electrons. The number of non-ortho nitro benzene ring substituents is 1. The van der Waals surface area contributed by atoms with Crippen molar-refractivity contribution in [3.63, 3.8) is 0 Å². The number of nitrogens with zero attached hydrogens (tertiary/aromatic N) is 1. The molecule has 0 saturated carbocycles. The number of nitrogens with one attached hydrogen (secondary N) is 1. The summed E-state index contributed by atoms with van der Waals surface area (Å²) in [5.41, 5.74) is 1.08. The van der Waals surface area contributed by atoms with Crippen LogP contribution < -0.4 is 5.32 Å². The molecular weight excluding hydrogens is 260 g/mol. The SMILES string of the molecule is CC(Cc1cccs1)NCc1cccc([N+](=O)[O-])c1. The third-order valence-corrected chi connectivity index (χ3v) is 3.76. The van der Waals surface area contributed by atoms with Crippen molar-refractivity contribution in [2.24, 2.45) is 0 Å². The second-order valence-corrected chi connectivity index (χ2v) is 5.52. The second kappa shape index (κ2) is 6.45. The van der Waals surface area contributed by atoms with Crippen LogP contribution in [0.15, 0.2) is 41.8 Å². The first-order valence-electron chi connectivity index (χ1n) is 6.14. The van der Waals surface area contributed by atoms with E-state index in [2.05, 4.69) is 23.7 Å². The zero-order valence-corrected chi connectivity index (χ0v) is 11.5. The molecule has 0 amide bonds. The molecule has 1 unspecified atom stereocenters. The highest BCUT2D eigenvalue weighted by Crippen LogP contribution is 2.14. The summed E-state index contributed by atoms with van der Waals surface area (Å²) in [6.45, 7) is 2.77. The van der Waals surface area contributed by atoms with E-state index < -0.39 is 0 Å². The van der Waals surface area contributed by atoms with Crippen molar-refractivity contribution in [1.82, 2.24) is 5.32 Å². The molecule has 0 aliphatic carbocycles. The van der Waals surface area contributed by atoms with E-state index >= 15 is 0 Å². The minimum absolute atomic E-state index is 0.144. The normalized spacial score (nSPS) is 12.3. The lowest BCUT2D eigenvalue weighted by atomic mass is 10.1. The maximum absolute atomic E-state index is 10.7. The highest BCUT2D eigenvalue weighted by atomic mass is 32.1. The molecule has 1 N–H and O–H groups in total. The van der Waals surface area contributed by atoms with Gasteiger partial charge in [0.2, 0.25) is 0 Å². The quantitative estimate of drug-likeness (QED) is 0.650. The Balaban J connectivity index is 1.88. The summed E-state index contributed by atoms with van der Waals surface area (Å²) in [6, 6.07) is 11.3. The van der Waals surface area contributed by atoms with E-state index in [9.17, 15) is 10.1 Å². The summed E-state index contributed by atoms with van der Waals surface area (Å²) in [6.07, 6.45) is 0.979. The number of nitro benzene ring substituents is 1. The number of hydrogen-bond donors (Lipinski definition) is 1. The highest BCUT2D eigenvalue weighted by molar-refractivity contribution is 7.09. The largest absolute Gasteiger partial charge is 0.310 e. The summed E-state index contributed by atoms with van der Waals surface area (Å²) in [7, 11) is 0. The van der Waals surface area contributed by atoms with Crippen LogP contribution in [0.5, 0.6) is 0 Å². The molecule has 0 spiro atoms. The lowest BCUT2D eigenvalue weighted by molar-refractivity contribution is -0.384. The van der Waals surface area contributed by atoms with Crippen LogP contribution in [0.4, 0.5) is 5.69 Å². The molecule has 0 aliphatic rings. The zero-order chi connectivity index (χ0) is 13.7. The van der Waals surface area contributed by atoms with Crippen LogP contribution in [-0.4, -0.2) is 11.0 Å². The van der Waals surface area contributed by atoms with Gasteiger partial charge in [-0.25, -0.2) is 0 Å². The number of hydrogen-bond acceptors (Lipinski definition) is 4. The number of benzene rings is 1. The van der Waals surface area contributed by atoms with Crippen molar-refractivity contribution in [3.05, 3.63) is 62.3 Å². The van der Waals surface area contributed by atoms with Gasteiger partial charge < -0.3 is 5.32 Å². The summed E-state index contributed by atoms with van der Waals surface area (Å²) in [5, 5.41) is 16.1. The third kappa shape index (κ3) is 4.15. The minimum atomic E-state index is -0.363. The van der Waals surface area contributed by atoms with Crippen LogP contribution in [0, 0.1) is 10.1 Å². The molecular formula is C14H16N2O2S. The summed E-state index contributed by atoms with van der Waals surface area (Å²) >= 11 is 1.75. The Morgan fingerprint density at radius 3 is 2.89 bits per heavy atom. The fourth-order valence-electron chi connectivity index (χ4n) is 1.87. The molecule has 19 heavy (non-hydrogen) atoms. The molecule has 2 rings (SSSR count). The van der Waals surface area contributed by atoms with Gasteiger partial charge in [-0.1, -0.05) is 18.2 Å². The Hall–Kier alpha value is -1.72. The average molecular weight is 276 g/mol. The van der Waals surface area contributed by atoms with Gasteiger partial charge in [0, 0.05) is 29.6 Å². The van der Waals surface area contributed by atoms with Gasteiger partial charge in [-0.3, -0.25) is 10.1 Å². The van der Waals surface area contributed by atoms with Crippen molar-refractivity contribution in [3.8, 4) is 0 Å². The Morgan fingerprint density at radius 1 is 1.37 bits per heavy atom. The van der Waals surface area contributed by atoms with E-state index in [1.807, 2.05) is 12.1 Å². The summed E-state index contributed by atoms with van der Waals surface area (Å²) in [5.74, 6) is 0. The molecule has 1 atom stereocenters. The van der Waals surface area contributed by atoms with E-state index in [1.165, 1.54) is 10.9 Å². The summed E-state index contributed by atoms with van der Waals surface area (Å²) in [4.78, 5) is 11.7. The fourth-order valence-corrected chi connectivity index (χ4v) is 2.71. The van der Waals surface area contributed by atoms with E-state index in [1.54, 1.807) is 23.5 Å². The van der Waals surface area contributed by atoms with Gasteiger partial charge in [0.25, 0.3) is 5.69 Å². The molecule has 100 valence electrons. The highest BCUT2D eigenvalue weighted by Gasteiger charge is 2.07. The van der Waals surface area contributed by atoms with Crippen LogP contribution in [0.25, 0.3) is 0 Å². The number of thiophene rings is 1. The van der Waals surface area contributed by atoms with Crippen molar-refractivity contribution in [1.29, 1.82) is 0 Å². The molecule has 1 heterocycles. The molecule has 1 aromatic heterocycles. The van der Waals surface area contributed by atoms with Gasteiger partial charge in [-0.05, 0) is 30.4 Å². The average Bonchev–Trinajstić information content (AvgIpc) is 2.89. The lowest BCUT2D eigenvalue weighted by Crippen LogP contribution is -2.27. The predicted octanol–water partition coefficient (Wildman–Crippen LogP) is 3.38. The van der Waals surface area contributed by atoms with Gasteiger partial charge in [0.05, 0.1) is 4.92 Å². The molecule has 5 heteroatoms. The van der Waals surface area contributed by atoms with E-state index in [4.69, 9.17) is 0 Å². The molecule has 1 aromatic carbocycles. The summed E-state index contributed by atoms with van der Waals surface area (Å²) < 4.78 is 0. The van der Waals surface area contributed by atoms with Crippen LogP contribution >= 0.6 is 11.3 Å². The van der Waals surface area contributed by atoms with Gasteiger partial charge in [-0.15, -0.1) is 11.3 Å². The Labute approximate surface area is 116 Å². The van der Waals surface area contributed by atoms with Crippen molar-refractivity contribution < 1.29 is 4.92 Å². The van der Waals surface area contributed by atoms with Crippen molar-refractivity contribution in [2.75, 3.05) is 0 Å². The van der Waals surface area contributed by atoms with Crippen molar-refractivity contribution in [2.45, 2.75) is 25.9 Å². The molecule has 0 aliphatic heterocycles. The van der Waals surface area contributed by atoms with Gasteiger partial charge in [-0.2, -0.15) is 0 Å². The van der Waals surface area contributed by atoms with Crippen LogP contribution in [-0.2, 0) is 13.0 Å². The Kier molecular flexibility index (Phi) is 4.65. The van der Waals surface area contributed by atoms with E-state index in [0.717, 1.165) is 12.0 Å². The third-order valence-electron chi connectivity index (χ3n) is 2.86. The topological polar surface area (TPSA) is 55.2 Å². The maximum atomic E-state index is 10.7. The standard InChI is InChI=1S/C14H16N2O2S/c1-11(8-14-6-3-7-19-14)15-10-12-4-2-5-13(9-12)16(17)18/h2-7,9,11,15H,8,10H2,1H3. The van der Waals surface area contributed by atoms with E-state index in [-0.39, 0.29) is 10.6 Å². The molecule has 4 nitrogen and oxygen atoms in total. The fraction of sp³-hybridized carbons (Fsp3) is 0.286. The monoisotopic (exact) mass is 276 g/mol. The molecule has 0 saturated heterocycles.